The van der Waals surface area contributed by atoms with Crippen LogP contribution >= 0.6 is 11.3 Å². The van der Waals surface area contributed by atoms with Crippen LogP contribution < -0.4 is 4.72 Å². The summed E-state index contributed by atoms with van der Waals surface area (Å²) in [6.07, 6.45) is 1.40. The fraction of sp³-hybridized carbons (Fsp3) is 0.500. The summed E-state index contributed by atoms with van der Waals surface area (Å²) in [7, 11) is -3.60. The van der Waals surface area contributed by atoms with Gasteiger partial charge in [0.05, 0.1) is 4.90 Å². The average molecular weight is 277 g/mol. The first-order valence-electron chi connectivity index (χ1n) is 5.24. The minimum absolute atomic E-state index is 0.0202. The largest absolute Gasteiger partial charge is 0.477 e. The van der Waals surface area contributed by atoms with Gasteiger partial charge in [-0.1, -0.05) is 13.8 Å². The second kappa shape index (κ2) is 5.61. The molecule has 0 aliphatic heterocycles. The summed E-state index contributed by atoms with van der Waals surface area (Å²) in [6, 6.07) is 1.06. The van der Waals surface area contributed by atoms with Gasteiger partial charge in [-0.15, -0.1) is 11.3 Å². The molecule has 1 rings (SSSR count). The lowest BCUT2D eigenvalue weighted by molar-refractivity contribution is 0.0702. The summed E-state index contributed by atoms with van der Waals surface area (Å²) in [5, 5.41) is 10.1. The van der Waals surface area contributed by atoms with Gasteiger partial charge in [-0.3, -0.25) is 0 Å². The Labute approximate surface area is 105 Å². The van der Waals surface area contributed by atoms with Crippen molar-refractivity contribution in [1.82, 2.24) is 4.72 Å². The molecule has 17 heavy (non-hydrogen) atoms. The molecule has 0 fully saturated rings. The highest BCUT2D eigenvalue weighted by molar-refractivity contribution is 7.89. The van der Waals surface area contributed by atoms with E-state index in [-0.39, 0.29) is 15.8 Å². The van der Waals surface area contributed by atoms with E-state index in [9.17, 15) is 13.2 Å². The smallest absolute Gasteiger partial charge is 0.345 e. The molecule has 1 aromatic heterocycles. The van der Waals surface area contributed by atoms with Crippen molar-refractivity contribution in [3.8, 4) is 0 Å². The highest BCUT2D eigenvalue weighted by Gasteiger charge is 2.20. The van der Waals surface area contributed by atoms with E-state index in [1.54, 1.807) is 0 Å². The molecule has 96 valence electrons. The van der Waals surface area contributed by atoms with Gasteiger partial charge in [-0.05, 0) is 18.9 Å². The number of rotatable bonds is 6. The number of sulfonamides is 1. The molecule has 1 aromatic rings. The third kappa shape index (κ3) is 3.52. The van der Waals surface area contributed by atoms with E-state index in [0.29, 0.717) is 12.8 Å². The van der Waals surface area contributed by atoms with Crippen LogP contribution in [0, 0.1) is 0 Å². The van der Waals surface area contributed by atoms with Crippen molar-refractivity contribution in [2.75, 3.05) is 0 Å². The average Bonchev–Trinajstić information content (AvgIpc) is 2.75. The van der Waals surface area contributed by atoms with Gasteiger partial charge in [-0.25, -0.2) is 17.9 Å². The molecule has 0 radical (unpaired) electrons. The number of carboxylic acids is 1. The van der Waals surface area contributed by atoms with Crippen molar-refractivity contribution in [1.29, 1.82) is 0 Å². The maximum Gasteiger partial charge on any atom is 0.345 e. The van der Waals surface area contributed by atoms with E-state index >= 15 is 0 Å². The second-order valence-electron chi connectivity index (χ2n) is 3.59. The summed E-state index contributed by atoms with van der Waals surface area (Å²) in [5.74, 6) is -1.11. The van der Waals surface area contributed by atoms with Gasteiger partial charge in [0, 0.05) is 11.4 Å². The Bertz CT molecular complexity index is 488. The molecule has 0 aromatic carbocycles. The number of aromatic carboxylic acids is 1. The Morgan fingerprint density at radius 1 is 1.47 bits per heavy atom. The van der Waals surface area contributed by atoms with Crippen molar-refractivity contribution >= 4 is 27.3 Å². The first-order chi connectivity index (χ1) is 7.90. The van der Waals surface area contributed by atoms with E-state index in [2.05, 4.69) is 4.72 Å². The van der Waals surface area contributed by atoms with Gasteiger partial charge in [-0.2, -0.15) is 0 Å². The molecule has 0 saturated carbocycles. The van der Waals surface area contributed by atoms with E-state index < -0.39 is 16.0 Å². The number of hydrogen-bond donors (Lipinski definition) is 2. The molecule has 0 unspecified atom stereocenters. The molecule has 7 heteroatoms. The minimum Gasteiger partial charge on any atom is -0.477 e. The summed E-state index contributed by atoms with van der Waals surface area (Å²) in [5.41, 5.74) is 0. The number of nitrogens with one attached hydrogen (secondary N) is 1. The third-order valence-electron chi connectivity index (χ3n) is 2.40. The molecule has 0 aliphatic rings. The van der Waals surface area contributed by atoms with Crippen LogP contribution in [0.25, 0.3) is 0 Å². The molecule has 0 bridgehead atoms. The maximum atomic E-state index is 11.9. The Morgan fingerprint density at radius 2 is 2.06 bits per heavy atom. The molecule has 0 atom stereocenters. The Balaban J connectivity index is 2.93. The number of carboxylic acid groups (broad SMARTS) is 1. The van der Waals surface area contributed by atoms with Gasteiger partial charge in [0.15, 0.2) is 0 Å². The predicted molar refractivity (Wildman–Crippen MR) is 66.0 cm³/mol. The van der Waals surface area contributed by atoms with Crippen LogP contribution in [0.15, 0.2) is 16.3 Å². The fourth-order valence-corrected chi connectivity index (χ4v) is 3.83. The van der Waals surface area contributed by atoms with Gasteiger partial charge < -0.3 is 5.11 Å². The summed E-state index contributed by atoms with van der Waals surface area (Å²) < 4.78 is 26.3. The normalized spacial score (nSPS) is 11.9. The van der Waals surface area contributed by atoms with Crippen LogP contribution in [0.2, 0.25) is 0 Å². The molecule has 0 aliphatic carbocycles. The summed E-state index contributed by atoms with van der Waals surface area (Å²) in [6.45, 7) is 3.79. The Kier molecular flexibility index (Phi) is 4.67. The van der Waals surface area contributed by atoms with E-state index in [1.807, 2.05) is 13.8 Å². The molecule has 0 spiro atoms. The molecular formula is C10H15NO4S2. The second-order valence-corrected chi connectivity index (χ2v) is 6.21. The number of hydrogen-bond acceptors (Lipinski definition) is 4. The van der Waals surface area contributed by atoms with Crippen LogP contribution in [0.4, 0.5) is 0 Å². The number of carbonyl (C=O) groups is 1. The molecule has 0 amide bonds. The quantitative estimate of drug-likeness (QED) is 0.832. The molecule has 1 heterocycles. The first kappa shape index (κ1) is 14.1. The predicted octanol–water partition coefficient (Wildman–Crippen LogP) is 1.91. The van der Waals surface area contributed by atoms with E-state index in [4.69, 9.17) is 5.11 Å². The van der Waals surface area contributed by atoms with Crippen molar-refractivity contribution in [3.63, 3.8) is 0 Å². The SMILES string of the molecule is CCC(CC)NS(=O)(=O)c1csc(C(=O)O)c1. The van der Waals surface area contributed by atoms with Crippen molar-refractivity contribution in [2.45, 2.75) is 37.6 Å². The minimum atomic E-state index is -3.60. The topological polar surface area (TPSA) is 83.5 Å². The fourth-order valence-electron chi connectivity index (χ4n) is 1.31. The van der Waals surface area contributed by atoms with Crippen LogP contribution in [0.5, 0.6) is 0 Å². The Hall–Kier alpha value is -0.920. The van der Waals surface area contributed by atoms with E-state index in [1.165, 1.54) is 11.4 Å². The van der Waals surface area contributed by atoms with Gasteiger partial charge in [0.25, 0.3) is 0 Å². The van der Waals surface area contributed by atoms with Crippen molar-refractivity contribution in [2.24, 2.45) is 0 Å². The maximum absolute atomic E-state index is 11.9. The standard InChI is InChI=1S/C10H15NO4S2/c1-3-7(4-2)11-17(14,15)8-5-9(10(12)13)16-6-8/h5-7,11H,3-4H2,1-2H3,(H,12,13). The highest BCUT2D eigenvalue weighted by atomic mass is 32.2. The lowest BCUT2D eigenvalue weighted by atomic mass is 10.2. The zero-order valence-corrected chi connectivity index (χ0v) is 11.3. The van der Waals surface area contributed by atoms with Crippen LogP contribution in [0.1, 0.15) is 36.4 Å². The lowest BCUT2D eigenvalue weighted by Gasteiger charge is -2.13. The van der Waals surface area contributed by atoms with Crippen molar-refractivity contribution in [3.05, 3.63) is 16.3 Å². The molecular weight excluding hydrogens is 262 g/mol. The summed E-state index contributed by atoms with van der Waals surface area (Å²) >= 11 is 0.908. The van der Waals surface area contributed by atoms with Crippen LogP contribution in [-0.4, -0.2) is 25.5 Å². The van der Waals surface area contributed by atoms with Gasteiger partial charge in [0.2, 0.25) is 10.0 Å². The van der Waals surface area contributed by atoms with Crippen LogP contribution in [-0.2, 0) is 10.0 Å². The third-order valence-corrected chi connectivity index (χ3v) is 4.97. The van der Waals surface area contributed by atoms with Gasteiger partial charge >= 0.3 is 5.97 Å². The summed E-state index contributed by atoms with van der Waals surface area (Å²) in [4.78, 5) is 10.7. The van der Waals surface area contributed by atoms with Crippen molar-refractivity contribution < 1.29 is 18.3 Å². The van der Waals surface area contributed by atoms with Crippen LogP contribution in [0.3, 0.4) is 0 Å². The number of thiophene rings is 1. The molecule has 0 saturated heterocycles. The molecule has 5 nitrogen and oxygen atoms in total. The zero-order valence-electron chi connectivity index (χ0n) is 9.63. The first-order valence-corrected chi connectivity index (χ1v) is 7.61. The molecule has 2 N–H and O–H groups in total. The lowest BCUT2D eigenvalue weighted by Crippen LogP contribution is -2.33. The monoisotopic (exact) mass is 277 g/mol. The zero-order chi connectivity index (χ0) is 13.1. The van der Waals surface area contributed by atoms with E-state index in [0.717, 1.165) is 11.3 Å². The van der Waals surface area contributed by atoms with Gasteiger partial charge in [0.1, 0.15) is 4.88 Å². The highest BCUT2D eigenvalue weighted by Crippen LogP contribution is 2.19. The Morgan fingerprint density at radius 3 is 2.47 bits per heavy atom.